The predicted molar refractivity (Wildman–Crippen MR) is 104 cm³/mol. The largest absolute Gasteiger partial charge is 0.356 e. The molecular formula is C23H40O2. The number of hydrogen-bond acceptors (Lipinski definition) is 2. The van der Waals surface area contributed by atoms with Crippen molar-refractivity contribution in [2.24, 2.45) is 29.6 Å². The van der Waals surface area contributed by atoms with Crippen LogP contribution in [0.4, 0.5) is 0 Å². The first-order valence-corrected chi connectivity index (χ1v) is 11.1. The summed E-state index contributed by atoms with van der Waals surface area (Å²) in [6.07, 6.45) is 22.0. The Morgan fingerprint density at radius 1 is 0.800 bits per heavy atom. The van der Waals surface area contributed by atoms with Gasteiger partial charge in [0.1, 0.15) is 0 Å². The van der Waals surface area contributed by atoms with E-state index in [1.165, 1.54) is 70.6 Å². The normalized spacial score (nSPS) is 40.4. The zero-order valence-electron chi connectivity index (χ0n) is 16.6. The van der Waals surface area contributed by atoms with E-state index in [1.807, 2.05) is 0 Å². The Kier molecular flexibility index (Phi) is 7.86. The number of allylic oxidation sites excluding steroid dienone is 1. The van der Waals surface area contributed by atoms with Crippen LogP contribution in [0, 0.1) is 29.6 Å². The highest BCUT2D eigenvalue weighted by Crippen LogP contribution is 2.42. The average Bonchev–Trinajstić information content (AvgIpc) is 2.68. The highest BCUT2D eigenvalue weighted by molar-refractivity contribution is 4.96. The Balaban J connectivity index is 1.34. The number of hydrogen-bond donors (Lipinski definition) is 0. The third kappa shape index (κ3) is 5.82. The third-order valence-electron chi connectivity index (χ3n) is 7.26. The second kappa shape index (κ2) is 10.1. The topological polar surface area (TPSA) is 18.5 Å². The van der Waals surface area contributed by atoms with Crippen molar-refractivity contribution in [2.75, 3.05) is 13.7 Å². The SMILES string of the molecule is CCCC1CCC(C2CCC(/C=C/C3CCC(OC)OC3)CC2)CC1. The van der Waals surface area contributed by atoms with E-state index in [9.17, 15) is 0 Å². The molecule has 1 heterocycles. The van der Waals surface area contributed by atoms with Crippen LogP contribution >= 0.6 is 0 Å². The first-order chi connectivity index (χ1) is 12.3. The number of rotatable bonds is 6. The smallest absolute Gasteiger partial charge is 0.157 e. The van der Waals surface area contributed by atoms with Gasteiger partial charge in [0.25, 0.3) is 0 Å². The Morgan fingerprint density at radius 2 is 1.40 bits per heavy atom. The second-order valence-corrected chi connectivity index (χ2v) is 8.97. The molecule has 25 heavy (non-hydrogen) atoms. The van der Waals surface area contributed by atoms with Crippen molar-refractivity contribution < 1.29 is 9.47 Å². The van der Waals surface area contributed by atoms with Crippen LogP contribution < -0.4 is 0 Å². The van der Waals surface area contributed by atoms with Gasteiger partial charge in [-0.3, -0.25) is 0 Å². The zero-order valence-corrected chi connectivity index (χ0v) is 16.6. The summed E-state index contributed by atoms with van der Waals surface area (Å²) in [5.41, 5.74) is 0. The lowest BCUT2D eigenvalue weighted by molar-refractivity contribution is -0.154. The quantitative estimate of drug-likeness (QED) is 0.520. The van der Waals surface area contributed by atoms with E-state index in [4.69, 9.17) is 9.47 Å². The number of ether oxygens (including phenoxy) is 2. The molecule has 3 fully saturated rings. The molecule has 3 aliphatic rings. The standard InChI is InChI=1S/C23H40O2/c1-3-4-18-7-12-21(13-8-18)22-14-9-19(10-15-22)5-6-20-11-16-23(24-2)25-17-20/h5-6,18-23H,3-4,7-17H2,1-2H3/b6-5+. The van der Waals surface area contributed by atoms with E-state index in [0.29, 0.717) is 5.92 Å². The van der Waals surface area contributed by atoms with Crippen LogP contribution in [0.25, 0.3) is 0 Å². The molecule has 1 saturated heterocycles. The molecule has 144 valence electrons. The third-order valence-corrected chi connectivity index (χ3v) is 7.26. The summed E-state index contributed by atoms with van der Waals surface area (Å²) in [6.45, 7) is 3.18. The summed E-state index contributed by atoms with van der Waals surface area (Å²) in [4.78, 5) is 0. The maximum absolute atomic E-state index is 5.73. The minimum Gasteiger partial charge on any atom is -0.356 e. The van der Waals surface area contributed by atoms with E-state index in [-0.39, 0.29) is 6.29 Å². The molecule has 2 saturated carbocycles. The lowest BCUT2D eigenvalue weighted by Gasteiger charge is -2.37. The molecule has 0 N–H and O–H groups in total. The second-order valence-electron chi connectivity index (χ2n) is 8.97. The van der Waals surface area contributed by atoms with Gasteiger partial charge in [-0.05, 0) is 75.0 Å². The van der Waals surface area contributed by atoms with E-state index in [1.54, 1.807) is 7.11 Å². The van der Waals surface area contributed by atoms with E-state index < -0.39 is 0 Å². The van der Waals surface area contributed by atoms with Crippen molar-refractivity contribution >= 4 is 0 Å². The van der Waals surface area contributed by atoms with Crippen molar-refractivity contribution in [3.63, 3.8) is 0 Å². The van der Waals surface area contributed by atoms with Gasteiger partial charge in [0.15, 0.2) is 6.29 Å². The Labute approximate surface area is 155 Å². The summed E-state index contributed by atoms with van der Waals surface area (Å²) in [7, 11) is 1.75. The molecule has 0 bridgehead atoms. The first kappa shape index (κ1) is 19.4. The molecule has 2 atom stereocenters. The molecule has 0 aromatic heterocycles. The van der Waals surface area contributed by atoms with Gasteiger partial charge in [-0.15, -0.1) is 0 Å². The minimum atomic E-state index is 0.0347. The van der Waals surface area contributed by atoms with Gasteiger partial charge in [0.2, 0.25) is 0 Å². The molecule has 0 radical (unpaired) electrons. The fourth-order valence-electron chi connectivity index (χ4n) is 5.57. The van der Waals surface area contributed by atoms with Crippen molar-refractivity contribution in [2.45, 2.75) is 90.3 Å². The molecule has 1 aliphatic heterocycles. The van der Waals surface area contributed by atoms with Gasteiger partial charge >= 0.3 is 0 Å². The molecule has 0 aromatic rings. The van der Waals surface area contributed by atoms with Gasteiger partial charge in [0, 0.05) is 13.0 Å². The van der Waals surface area contributed by atoms with E-state index in [0.717, 1.165) is 36.7 Å². The molecule has 0 amide bonds. The van der Waals surface area contributed by atoms with Crippen molar-refractivity contribution in [3.8, 4) is 0 Å². The van der Waals surface area contributed by atoms with Crippen LogP contribution in [0.2, 0.25) is 0 Å². The summed E-state index contributed by atoms with van der Waals surface area (Å²) in [5, 5.41) is 0. The van der Waals surface area contributed by atoms with Crippen molar-refractivity contribution in [1.82, 2.24) is 0 Å². The van der Waals surface area contributed by atoms with Crippen molar-refractivity contribution in [3.05, 3.63) is 12.2 Å². The molecule has 2 unspecified atom stereocenters. The van der Waals surface area contributed by atoms with Crippen molar-refractivity contribution in [1.29, 1.82) is 0 Å². The van der Waals surface area contributed by atoms with Gasteiger partial charge < -0.3 is 9.47 Å². The Morgan fingerprint density at radius 3 is 1.96 bits per heavy atom. The van der Waals surface area contributed by atoms with E-state index >= 15 is 0 Å². The minimum absolute atomic E-state index is 0.0347. The molecular weight excluding hydrogens is 308 g/mol. The zero-order chi connectivity index (χ0) is 17.5. The Bertz CT molecular complexity index is 381. The van der Waals surface area contributed by atoms with Gasteiger partial charge in [-0.2, -0.15) is 0 Å². The van der Waals surface area contributed by atoms with Crippen LogP contribution in [0.3, 0.4) is 0 Å². The molecule has 2 heteroatoms. The van der Waals surface area contributed by atoms with Gasteiger partial charge in [-0.25, -0.2) is 0 Å². The average molecular weight is 349 g/mol. The summed E-state index contributed by atoms with van der Waals surface area (Å²) in [5.74, 6) is 4.57. The van der Waals surface area contributed by atoms with Crippen LogP contribution in [0.15, 0.2) is 12.2 Å². The lowest BCUT2D eigenvalue weighted by Crippen LogP contribution is -2.26. The van der Waals surface area contributed by atoms with E-state index in [2.05, 4.69) is 19.1 Å². The summed E-state index contributed by atoms with van der Waals surface area (Å²) < 4.78 is 11.0. The fraction of sp³-hybridized carbons (Fsp3) is 0.913. The van der Waals surface area contributed by atoms with Gasteiger partial charge in [0.05, 0.1) is 6.61 Å². The number of methoxy groups -OCH3 is 1. The molecule has 3 rings (SSSR count). The molecule has 0 spiro atoms. The van der Waals surface area contributed by atoms with Gasteiger partial charge in [-0.1, -0.05) is 44.8 Å². The summed E-state index contributed by atoms with van der Waals surface area (Å²) >= 11 is 0. The lowest BCUT2D eigenvalue weighted by atomic mass is 9.68. The maximum atomic E-state index is 5.73. The van der Waals surface area contributed by atoms with Crippen LogP contribution in [-0.2, 0) is 9.47 Å². The molecule has 2 aliphatic carbocycles. The highest BCUT2D eigenvalue weighted by atomic mass is 16.7. The maximum Gasteiger partial charge on any atom is 0.157 e. The predicted octanol–water partition coefficient (Wildman–Crippen LogP) is 6.35. The molecule has 0 aromatic carbocycles. The highest BCUT2D eigenvalue weighted by Gasteiger charge is 2.30. The monoisotopic (exact) mass is 348 g/mol. The van der Waals surface area contributed by atoms with Crippen LogP contribution in [0.1, 0.15) is 84.0 Å². The van der Waals surface area contributed by atoms with Crippen LogP contribution in [-0.4, -0.2) is 20.0 Å². The fourth-order valence-corrected chi connectivity index (χ4v) is 5.57. The van der Waals surface area contributed by atoms with Crippen LogP contribution in [0.5, 0.6) is 0 Å². The summed E-state index contributed by atoms with van der Waals surface area (Å²) in [6, 6.07) is 0. The molecule has 2 nitrogen and oxygen atoms in total. The first-order valence-electron chi connectivity index (χ1n) is 11.1. The Hall–Kier alpha value is -0.340.